The van der Waals surface area contributed by atoms with E-state index in [0.29, 0.717) is 17.1 Å². The molecule has 3 rings (SSSR count). The van der Waals surface area contributed by atoms with Crippen molar-refractivity contribution < 1.29 is 17.9 Å². The minimum Gasteiger partial charge on any atom is -0.491 e. The van der Waals surface area contributed by atoms with Crippen LogP contribution in [0.2, 0.25) is 0 Å². The number of carbonyl (C=O) groups excluding carboxylic acids is 1. The number of nitrogens with zero attached hydrogens (tertiary/aromatic N) is 1. The fraction of sp³-hybridized carbons (Fsp3) is 0.208. The molecule has 0 atom stereocenters. The highest BCUT2D eigenvalue weighted by Crippen LogP contribution is 2.26. The van der Waals surface area contributed by atoms with Crippen molar-refractivity contribution in [1.82, 2.24) is 0 Å². The average Bonchev–Trinajstić information content (AvgIpc) is 2.73. The second-order valence-electron chi connectivity index (χ2n) is 7.42. The summed E-state index contributed by atoms with van der Waals surface area (Å²) in [5, 5.41) is 2.83. The Hall–Kier alpha value is -3.32. The molecule has 0 spiro atoms. The minimum absolute atomic E-state index is 0.0545. The maximum absolute atomic E-state index is 13.0. The molecule has 162 valence electrons. The third kappa shape index (κ3) is 6.08. The Morgan fingerprint density at radius 3 is 2.16 bits per heavy atom. The third-order valence-corrected chi connectivity index (χ3v) is 5.60. The number of hydrogen-bond donors (Lipinski definition) is 1. The zero-order valence-corrected chi connectivity index (χ0v) is 18.6. The van der Waals surface area contributed by atoms with Crippen molar-refractivity contribution in [3.8, 4) is 5.75 Å². The number of carbonyl (C=O) groups is 1. The van der Waals surface area contributed by atoms with Crippen LogP contribution in [0.15, 0.2) is 78.9 Å². The van der Waals surface area contributed by atoms with Crippen LogP contribution in [-0.2, 0) is 16.6 Å². The summed E-state index contributed by atoms with van der Waals surface area (Å²) >= 11 is 0. The van der Waals surface area contributed by atoms with Crippen LogP contribution < -0.4 is 14.4 Å². The standard InChI is InChI=1S/C24H26N2O4S/c1-18(2)30-21-15-13-20(14-16-21)25-24(27)22-11-7-8-12-23(22)26(31(3,28)29)17-19-9-5-4-6-10-19/h4-16,18H,17H2,1-3H3,(H,25,27). The van der Waals surface area contributed by atoms with Crippen LogP contribution in [0.5, 0.6) is 5.75 Å². The first-order valence-electron chi connectivity index (χ1n) is 9.93. The van der Waals surface area contributed by atoms with Crippen LogP contribution >= 0.6 is 0 Å². The number of anilines is 2. The van der Waals surface area contributed by atoms with Crippen molar-refractivity contribution in [2.24, 2.45) is 0 Å². The summed E-state index contributed by atoms with van der Waals surface area (Å²) in [7, 11) is -3.63. The molecular formula is C24H26N2O4S. The van der Waals surface area contributed by atoms with Gasteiger partial charge in [0.2, 0.25) is 10.0 Å². The van der Waals surface area contributed by atoms with Crippen LogP contribution in [0.25, 0.3) is 0 Å². The summed E-state index contributed by atoms with van der Waals surface area (Å²) in [5.74, 6) is 0.314. The molecule has 1 N–H and O–H groups in total. The monoisotopic (exact) mass is 438 g/mol. The summed E-state index contributed by atoms with van der Waals surface area (Å²) in [6.45, 7) is 4.01. The molecule has 0 saturated carbocycles. The van der Waals surface area contributed by atoms with Gasteiger partial charge in [-0.2, -0.15) is 0 Å². The van der Waals surface area contributed by atoms with E-state index in [4.69, 9.17) is 4.74 Å². The van der Waals surface area contributed by atoms with Gasteiger partial charge in [-0.3, -0.25) is 9.10 Å². The van der Waals surface area contributed by atoms with Gasteiger partial charge in [0.25, 0.3) is 5.91 Å². The summed E-state index contributed by atoms with van der Waals surface area (Å²) in [4.78, 5) is 13.0. The van der Waals surface area contributed by atoms with Gasteiger partial charge >= 0.3 is 0 Å². The molecule has 0 bridgehead atoms. The van der Waals surface area contributed by atoms with Crippen molar-refractivity contribution >= 4 is 27.3 Å². The number of sulfonamides is 1. The van der Waals surface area contributed by atoms with Crippen molar-refractivity contribution in [2.45, 2.75) is 26.5 Å². The van der Waals surface area contributed by atoms with E-state index in [9.17, 15) is 13.2 Å². The van der Waals surface area contributed by atoms with E-state index in [2.05, 4.69) is 5.32 Å². The molecule has 0 aliphatic rings. The number of ether oxygens (including phenoxy) is 1. The number of amides is 1. The number of rotatable bonds is 8. The third-order valence-electron chi connectivity index (χ3n) is 4.47. The molecule has 3 aromatic carbocycles. The topological polar surface area (TPSA) is 75.7 Å². The van der Waals surface area contributed by atoms with Crippen molar-refractivity contribution in [3.05, 3.63) is 90.0 Å². The zero-order chi connectivity index (χ0) is 22.4. The van der Waals surface area contributed by atoms with Gasteiger partial charge in [0.05, 0.1) is 30.2 Å². The molecule has 0 heterocycles. The summed E-state index contributed by atoms with van der Waals surface area (Å²) in [5.41, 5.74) is 2.01. The van der Waals surface area contributed by atoms with Crippen LogP contribution in [0, 0.1) is 0 Å². The summed E-state index contributed by atoms with van der Waals surface area (Å²) in [6.07, 6.45) is 1.19. The van der Waals surface area contributed by atoms with Crippen LogP contribution in [-0.4, -0.2) is 26.7 Å². The molecule has 6 nitrogen and oxygen atoms in total. The van der Waals surface area contributed by atoms with Gasteiger partial charge in [-0.05, 0) is 55.8 Å². The molecule has 0 aliphatic carbocycles. The molecular weight excluding hydrogens is 412 g/mol. The van der Waals surface area contributed by atoms with Gasteiger partial charge in [-0.15, -0.1) is 0 Å². The van der Waals surface area contributed by atoms with Crippen LogP contribution in [0.3, 0.4) is 0 Å². The second kappa shape index (κ2) is 9.66. The maximum atomic E-state index is 13.0. The van der Waals surface area contributed by atoms with E-state index in [1.807, 2.05) is 44.2 Å². The molecule has 0 unspecified atom stereocenters. The predicted octanol–water partition coefficient (Wildman–Crippen LogP) is 4.69. The lowest BCUT2D eigenvalue weighted by Crippen LogP contribution is -2.31. The van der Waals surface area contributed by atoms with E-state index in [1.165, 1.54) is 4.31 Å². The van der Waals surface area contributed by atoms with Crippen LogP contribution in [0.1, 0.15) is 29.8 Å². The van der Waals surface area contributed by atoms with Crippen LogP contribution in [0.4, 0.5) is 11.4 Å². The number of para-hydroxylation sites is 1. The van der Waals surface area contributed by atoms with Gasteiger partial charge in [0.1, 0.15) is 5.75 Å². The van der Waals surface area contributed by atoms with Gasteiger partial charge in [-0.1, -0.05) is 42.5 Å². The average molecular weight is 439 g/mol. The molecule has 0 radical (unpaired) electrons. The van der Waals surface area contributed by atoms with Gasteiger partial charge in [0.15, 0.2) is 0 Å². The first-order chi connectivity index (χ1) is 14.7. The Labute approximate surface area is 183 Å². The fourth-order valence-corrected chi connectivity index (χ4v) is 4.00. The van der Waals surface area contributed by atoms with E-state index < -0.39 is 15.9 Å². The van der Waals surface area contributed by atoms with E-state index in [0.717, 1.165) is 11.8 Å². The Kier molecular flexibility index (Phi) is 6.97. The Morgan fingerprint density at radius 2 is 1.55 bits per heavy atom. The number of benzene rings is 3. The fourth-order valence-electron chi connectivity index (χ4n) is 3.10. The van der Waals surface area contributed by atoms with E-state index in [-0.39, 0.29) is 18.2 Å². The number of nitrogens with one attached hydrogen (secondary N) is 1. The molecule has 7 heteroatoms. The molecule has 0 aliphatic heterocycles. The zero-order valence-electron chi connectivity index (χ0n) is 17.8. The lowest BCUT2D eigenvalue weighted by Gasteiger charge is -2.24. The largest absolute Gasteiger partial charge is 0.491 e. The second-order valence-corrected chi connectivity index (χ2v) is 9.32. The molecule has 0 aromatic heterocycles. The highest BCUT2D eigenvalue weighted by Gasteiger charge is 2.23. The Balaban J connectivity index is 1.88. The van der Waals surface area contributed by atoms with E-state index >= 15 is 0 Å². The SMILES string of the molecule is CC(C)Oc1ccc(NC(=O)c2ccccc2N(Cc2ccccc2)S(C)(=O)=O)cc1. The van der Waals surface area contributed by atoms with Gasteiger partial charge in [0, 0.05) is 5.69 Å². The molecule has 1 amide bonds. The highest BCUT2D eigenvalue weighted by molar-refractivity contribution is 7.92. The lowest BCUT2D eigenvalue weighted by molar-refractivity contribution is 0.102. The van der Waals surface area contributed by atoms with E-state index in [1.54, 1.807) is 48.5 Å². The van der Waals surface area contributed by atoms with Crippen molar-refractivity contribution in [2.75, 3.05) is 15.9 Å². The molecule has 31 heavy (non-hydrogen) atoms. The van der Waals surface area contributed by atoms with Gasteiger partial charge in [-0.25, -0.2) is 8.42 Å². The first kappa shape index (κ1) is 22.4. The normalized spacial score (nSPS) is 11.2. The predicted molar refractivity (Wildman–Crippen MR) is 124 cm³/mol. The molecule has 0 fully saturated rings. The maximum Gasteiger partial charge on any atom is 0.257 e. The quantitative estimate of drug-likeness (QED) is 0.553. The smallest absolute Gasteiger partial charge is 0.257 e. The lowest BCUT2D eigenvalue weighted by atomic mass is 10.1. The number of hydrogen-bond acceptors (Lipinski definition) is 4. The van der Waals surface area contributed by atoms with Crippen molar-refractivity contribution in [1.29, 1.82) is 0 Å². The first-order valence-corrected chi connectivity index (χ1v) is 11.8. The highest BCUT2D eigenvalue weighted by atomic mass is 32.2. The summed E-state index contributed by atoms with van der Waals surface area (Å²) < 4.78 is 32.0. The minimum atomic E-state index is -3.63. The summed E-state index contributed by atoms with van der Waals surface area (Å²) in [6, 6.07) is 23.0. The van der Waals surface area contributed by atoms with Gasteiger partial charge < -0.3 is 10.1 Å². The molecule has 3 aromatic rings. The Bertz CT molecular complexity index is 1130. The Morgan fingerprint density at radius 1 is 0.935 bits per heavy atom. The van der Waals surface area contributed by atoms with Crippen molar-refractivity contribution in [3.63, 3.8) is 0 Å². The molecule has 0 saturated heterocycles.